The van der Waals surface area contributed by atoms with Crippen molar-refractivity contribution in [2.75, 3.05) is 0 Å². The van der Waals surface area contributed by atoms with Crippen molar-refractivity contribution >= 4 is 5.97 Å². The Bertz CT molecular complexity index is 968. The summed E-state index contributed by atoms with van der Waals surface area (Å²) in [5.41, 5.74) is 2.58. The Morgan fingerprint density at radius 3 is 2.43 bits per heavy atom. The molecule has 0 unspecified atom stereocenters. The van der Waals surface area contributed by atoms with Crippen molar-refractivity contribution in [3.8, 4) is 17.2 Å². The molecule has 0 aliphatic rings. The van der Waals surface area contributed by atoms with Gasteiger partial charge in [-0.3, -0.25) is 4.79 Å². The average Bonchev–Trinajstić information content (AvgIpc) is 2.66. The second kappa shape index (κ2) is 9.04. The lowest BCUT2D eigenvalue weighted by atomic mass is 10.1. The summed E-state index contributed by atoms with van der Waals surface area (Å²) in [6.07, 6.45) is 0.248. The number of hydrogen-bond acceptors (Lipinski definition) is 3. The zero-order chi connectivity index (χ0) is 19.9. The molecule has 1 N–H and O–H groups in total. The molecule has 0 bridgehead atoms. The van der Waals surface area contributed by atoms with Gasteiger partial charge in [0.2, 0.25) is 0 Å². The molecule has 0 aromatic heterocycles. The highest BCUT2D eigenvalue weighted by atomic mass is 19.1. The maximum atomic E-state index is 14.2. The predicted octanol–water partition coefficient (Wildman–Crippen LogP) is 5.52. The standard InChI is InChI=1S/C23H21FO4/c1-16-4-2-6-19(12-16)28-20-7-3-5-18(13-20)15-27-22-10-8-17(14-21(22)24)9-11-23(25)26/h2-8,10,12-14H,9,11,15H2,1H3,(H,25,26). The SMILES string of the molecule is Cc1cccc(Oc2cccc(COc3ccc(CCC(=O)O)cc3F)c2)c1. The van der Waals surface area contributed by atoms with Crippen LogP contribution in [0.5, 0.6) is 17.2 Å². The maximum Gasteiger partial charge on any atom is 0.303 e. The van der Waals surface area contributed by atoms with E-state index in [2.05, 4.69) is 0 Å². The number of hydrogen-bond donors (Lipinski definition) is 1. The molecule has 4 nitrogen and oxygen atoms in total. The van der Waals surface area contributed by atoms with Crippen molar-refractivity contribution < 1.29 is 23.8 Å². The first-order valence-electron chi connectivity index (χ1n) is 8.96. The van der Waals surface area contributed by atoms with Crippen LogP contribution < -0.4 is 9.47 Å². The topological polar surface area (TPSA) is 55.8 Å². The Kier molecular flexibility index (Phi) is 6.27. The smallest absolute Gasteiger partial charge is 0.303 e. The van der Waals surface area contributed by atoms with Gasteiger partial charge in [0.15, 0.2) is 11.6 Å². The fourth-order valence-corrected chi connectivity index (χ4v) is 2.74. The number of benzene rings is 3. The van der Waals surface area contributed by atoms with Crippen LogP contribution in [0.3, 0.4) is 0 Å². The van der Waals surface area contributed by atoms with Gasteiger partial charge < -0.3 is 14.6 Å². The molecule has 0 heterocycles. The van der Waals surface area contributed by atoms with Crippen LogP contribution in [-0.4, -0.2) is 11.1 Å². The van der Waals surface area contributed by atoms with Gasteiger partial charge in [-0.05, 0) is 66.4 Å². The number of aliphatic carboxylic acids is 1. The lowest BCUT2D eigenvalue weighted by molar-refractivity contribution is -0.136. The molecule has 0 spiro atoms. The number of rotatable bonds is 8. The number of carbonyl (C=O) groups is 1. The van der Waals surface area contributed by atoms with E-state index in [1.807, 2.05) is 55.5 Å². The van der Waals surface area contributed by atoms with Crippen LogP contribution in [0.25, 0.3) is 0 Å². The van der Waals surface area contributed by atoms with E-state index in [-0.39, 0.29) is 25.2 Å². The molecular formula is C23H21FO4. The van der Waals surface area contributed by atoms with Gasteiger partial charge in [0.1, 0.15) is 18.1 Å². The second-order valence-corrected chi connectivity index (χ2v) is 6.51. The highest BCUT2D eigenvalue weighted by Gasteiger charge is 2.07. The Morgan fingerprint density at radius 1 is 0.964 bits per heavy atom. The van der Waals surface area contributed by atoms with Crippen LogP contribution in [-0.2, 0) is 17.8 Å². The fraction of sp³-hybridized carbons (Fsp3) is 0.174. The summed E-state index contributed by atoms with van der Waals surface area (Å²) in [6, 6.07) is 19.7. The predicted molar refractivity (Wildman–Crippen MR) is 104 cm³/mol. The minimum Gasteiger partial charge on any atom is -0.486 e. The minimum absolute atomic E-state index is 0.0344. The molecule has 0 radical (unpaired) electrons. The first-order valence-corrected chi connectivity index (χ1v) is 8.96. The summed E-state index contributed by atoms with van der Waals surface area (Å²) in [6.45, 7) is 2.19. The van der Waals surface area contributed by atoms with Crippen LogP contribution in [0.15, 0.2) is 66.7 Å². The summed E-state index contributed by atoms with van der Waals surface area (Å²) in [4.78, 5) is 10.6. The number of carboxylic acids is 1. The number of carboxylic acid groups (broad SMARTS) is 1. The molecular weight excluding hydrogens is 359 g/mol. The molecule has 144 valence electrons. The Labute approximate surface area is 163 Å². The number of halogens is 1. The molecule has 3 aromatic rings. The van der Waals surface area contributed by atoms with Gasteiger partial charge in [0.05, 0.1) is 0 Å². The van der Waals surface area contributed by atoms with E-state index in [9.17, 15) is 9.18 Å². The summed E-state index contributed by atoms with van der Waals surface area (Å²) >= 11 is 0. The lowest BCUT2D eigenvalue weighted by Gasteiger charge is -2.11. The third kappa shape index (κ3) is 5.58. The van der Waals surface area contributed by atoms with Gasteiger partial charge in [-0.15, -0.1) is 0 Å². The van der Waals surface area contributed by atoms with Crippen molar-refractivity contribution in [2.24, 2.45) is 0 Å². The molecule has 0 amide bonds. The Morgan fingerprint density at radius 2 is 1.71 bits per heavy atom. The van der Waals surface area contributed by atoms with Crippen molar-refractivity contribution in [3.63, 3.8) is 0 Å². The summed E-state index contributed by atoms with van der Waals surface area (Å²) in [5, 5.41) is 8.71. The largest absolute Gasteiger partial charge is 0.486 e. The van der Waals surface area contributed by atoms with Gasteiger partial charge in [0.25, 0.3) is 0 Å². The zero-order valence-electron chi connectivity index (χ0n) is 15.5. The van der Waals surface area contributed by atoms with Crippen molar-refractivity contribution in [1.29, 1.82) is 0 Å². The summed E-state index contributed by atoms with van der Waals surface area (Å²) in [5.74, 6) is 0.143. The van der Waals surface area contributed by atoms with Crippen molar-refractivity contribution in [1.82, 2.24) is 0 Å². The second-order valence-electron chi connectivity index (χ2n) is 6.51. The molecule has 28 heavy (non-hydrogen) atoms. The monoisotopic (exact) mass is 380 g/mol. The Balaban J connectivity index is 1.62. The van der Waals surface area contributed by atoms with Crippen LogP contribution in [0.1, 0.15) is 23.1 Å². The molecule has 5 heteroatoms. The highest BCUT2D eigenvalue weighted by molar-refractivity contribution is 5.67. The van der Waals surface area contributed by atoms with E-state index >= 15 is 0 Å². The molecule has 0 atom stereocenters. The Hall–Kier alpha value is -3.34. The first kappa shape index (κ1) is 19.4. The van der Waals surface area contributed by atoms with Crippen LogP contribution in [0.2, 0.25) is 0 Å². The van der Waals surface area contributed by atoms with E-state index in [1.165, 1.54) is 12.1 Å². The lowest BCUT2D eigenvalue weighted by Crippen LogP contribution is -2.00. The van der Waals surface area contributed by atoms with E-state index < -0.39 is 11.8 Å². The summed E-state index contributed by atoms with van der Waals surface area (Å²) in [7, 11) is 0. The quantitative estimate of drug-likeness (QED) is 0.559. The third-order valence-corrected chi connectivity index (χ3v) is 4.14. The summed E-state index contributed by atoms with van der Waals surface area (Å²) < 4.78 is 25.6. The number of aryl methyl sites for hydroxylation is 2. The van der Waals surface area contributed by atoms with Gasteiger partial charge in [-0.2, -0.15) is 0 Å². The first-order chi connectivity index (χ1) is 13.5. The van der Waals surface area contributed by atoms with Gasteiger partial charge in [-0.1, -0.05) is 30.3 Å². The van der Waals surface area contributed by atoms with Crippen molar-refractivity contribution in [3.05, 3.63) is 89.2 Å². The van der Waals surface area contributed by atoms with E-state index in [1.54, 1.807) is 6.07 Å². The third-order valence-electron chi connectivity index (χ3n) is 4.14. The molecule has 0 saturated heterocycles. The normalized spacial score (nSPS) is 10.5. The van der Waals surface area contributed by atoms with E-state index in [4.69, 9.17) is 14.6 Å². The molecule has 0 saturated carbocycles. The van der Waals surface area contributed by atoms with Crippen LogP contribution >= 0.6 is 0 Å². The molecule has 3 aromatic carbocycles. The highest BCUT2D eigenvalue weighted by Crippen LogP contribution is 2.25. The van der Waals surface area contributed by atoms with Gasteiger partial charge >= 0.3 is 5.97 Å². The zero-order valence-corrected chi connectivity index (χ0v) is 15.5. The maximum absolute atomic E-state index is 14.2. The van der Waals surface area contributed by atoms with Crippen LogP contribution in [0.4, 0.5) is 4.39 Å². The molecule has 3 rings (SSSR count). The molecule has 0 aliphatic heterocycles. The van der Waals surface area contributed by atoms with Crippen molar-refractivity contribution in [2.45, 2.75) is 26.4 Å². The van der Waals surface area contributed by atoms with Gasteiger partial charge in [0, 0.05) is 6.42 Å². The van der Waals surface area contributed by atoms with E-state index in [0.717, 1.165) is 16.9 Å². The molecule has 0 fully saturated rings. The fourth-order valence-electron chi connectivity index (χ4n) is 2.74. The number of ether oxygens (including phenoxy) is 2. The molecule has 0 aliphatic carbocycles. The minimum atomic E-state index is -0.909. The van der Waals surface area contributed by atoms with E-state index in [0.29, 0.717) is 11.3 Å². The van der Waals surface area contributed by atoms with Crippen LogP contribution in [0, 0.1) is 12.7 Å². The van der Waals surface area contributed by atoms with Gasteiger partial charge in [-0.25, -0.2) is 4.39 Å². The average molecular weight is 380 g/mol.